The molecule has 0 heterocycles. The third kappa shape index (κ3) is 1.93. The SMILES string of the molecule is C=C1CC2CC(C)CCC3C(C)CCC(C1C)C23C. The molecule has 3 fully saturated rings. The van der Waals surface area contributed by atoms with Crippen molar-refractivity contribution < 1.29 is 0 Å². The summed E-state index contributed by atoms with van der Waals surface area (Å²) < 4.78 is 0. The van der Waals surface area contributed by atoms with Crippen LogP contribution in [-0.4, -0.2) is 0 Å². The van der Waals surface area contributed by atoms with E-state index in [9.17, 15) is 0 Å². The highest BCUT2D eigenvalue weighted by Crippen LogP contribution is 2.64. The van der Waals surface area contributed by atoms with Crippen LogP contribution >= 0.6 is 0 Å². The van der Waals surface area contributed by atoms with Crippen LogP contribution in [0, 0.1) is 40.9 Å². The van der Waals surface area contributed by atoms with Crippen LogP contribution in [0.25, 0.3) is 0 Å². The summed E-state index contributed by atoms with van der Waals surface area (Å²) in [5.74, 6) is 5.48. The van der Waals surface area contributed by atoms with Gasteiger partial charge in [0.05, 0.1) is 0 Å². The van der Waals surface area contributed by atoms with Gasteiger partial charge in [0.15, 0.2) is 0 Å². The first-order chi connectivity index (χ1) is 8.94. The highest BCUT2D eigenvalue weighted by molar-refractivity contribution is 5.16. The molecule has 0 radical (unpaired) electrons. The topological polar surface area (TPSA) is 0 Å². The maximum atomic E-state index is 4.44. The summed E-state index contributed by atoms with van der Waals surface area (Å²) in [6.45, 7) is 14.6. The molecule has 7 atom stereocenters. The molecule has 0 aromatic heterocycles. The molecule has 0 saturated heterocycles. The van der Waals surface area contributed by atoms with Crippen LogP contribution in [0.4, 0.5) is 0 Å². The Morgan fingerprint density at radius 1 is 1.00 bits per heavy atom. The van der Waals surface area contributed by atoms with Gasteiger partial charge in [-0.3, -0.25) is 0 Å². The van der Waals surface area contributed by atoms with Crippen molar-refractivity contribution >= 4 is 0 Å². The Kier molecular flexibility index (Phi) is 3.35. The monoisotopic (exact) mass is 260 g/mol. The van der Waals surface area contributed by atoms with Crippen LogP contribution < -0.4 is 0 Å². The summed E-state index contributed by atoms with van der Waals surface area (Å²) in [4.78, 5) is 0. The molecule has 0 N–H and O–H groups in total. The maximum absolute atomic E-state index is 4.44. The van der Waals surface area contributed by atoms with Crippen molar-refractivity contribution in [3.63, 3.8) is 0 Å². The summed E-state index contributed by atoms with van der Waals surface area (Å²) in [5.41, 5.74) is 2.18. The summed E-state index contributed by atoms with van der Waals surface area (Å²) in [6, 6.07) is 0. The predicted octanol–water partition coefficient (Wildman–Crippen LogP) is 5.69. The van der Waals surface area contributed by atoms with E-state index in [2.05, 4.69) is 34.3 Å². The van der Waals surface area contributed by atoms with Gasteiger partial charge in [0.25, 0.3) is 0 Å². The average molecular weight is 260 g/mol. The molecular weight excluding hydrogens is 228 g/mol. The molecule has 19 heavy (non-hydrogen) atoms. The summed E-state index contributed by atoms with van der Waals surface area (Å²) in [6.07, 6.45) is 8.66. The van der Waals surface area contributed by atoms with Gasteiger partial charge >= 0.3 is 0 Å². The van der Waals surface area contributed by atoms with Gasteiger partial charge in [-0.25, -0.2) is 0 Å². The van der Waals surface area contributed by atoms with E-state index in [0.717, 1.165) is 35.5 Å². The van der Waals surface area contributed by atoms with Gasteiger partial charge in [-0.2, -0.15) is 0 Å². The molecule has 0 heteroatoms. The second kappa shape index (κ2) is 4.64. The second-order valence-corrected chi connectivity index (χ2v) is 8.40. The molecule has 0 aromatic carbocycles. The molecule has 3 aliphatic carbocycles. The zero-order valence-corrected chi connectivity index (χ0v) is 13.4. The zero-order chi connectivity index (χ0) is 13.8. The second-order valence-electron chi connectivity index (χ2n) is 8.40. The van der Waals surface area contributed by atoms with Crippen molar-refractivity contribution in [1.29, 1.82) is 0 Å². The van der Waals surface area contributed by atoms with Crippen molar-refractivity contribution in [3.05, 3.63) is 12.2 Å². The fourth-order valence-electron chi connectivity index (χ4n) is 6.24. The van der Waals surface area contributed by atoms with Crippen LogP contribution in [0.1, 0.15) is 66.2 Å². The Morgan fingerprint density at radius 3 is 2.42 bits per heavy atom. The third-order valence-corrected chi connectivity index (χ3v) is 7.51. The van der Waals surface area contributed by atoms with E-state index in [-0.39, 0.29) is 0 Å². The summed E-state index contributed by atoms with van der Waals surface area (Å²) >= 11 is 0. The van der Waals surface area contributed by atoms with Crippen LogP contribution in [0.15, 0.2) is 12.2 Å². The molecule has 3 saturated carbocycles. The smallest absolute Gasteiger partial charge is 0.0200 e. The predicted molar refractivity (Wildman–Crippen MR) is 82.9 cm³/mol. The van der Waals surface area contributed by atoms with Crippen molar-refractivity contribution in [2.75, 3.05) is 0 Å². The highest BCUT2D eigenvalue weighted by Gasteiger charge is 2.56. The Morgan fingerprint density at radius 2 is 1.68 bits per heavy atom. The van der Waals surface area contributed by atoms with E-state index in [4.69, 9.17) is 0 Å². The first-order valence-electron chi connectivity index (χ1n) is 8.62. The van der Waals surface area contributed by atoms with Gasteiger partial charge in [-0.15, -0.1) is 0 Å². The lowest BCUT2D eigenvalue weighted by Gasteiger charge is -2.59. The standard InChI is InChI=1S/C19H32/c1-12-6-8-17-13(2)7-9-18-15(4)14(3)11-16(10-12)19(17,18)5/h12-13,15-18H,3,6-11H2,1-2,4-5H3. The fourth-order valence-corrected chi connectivity index (χ4v) is 6.24. The quantitative estimate of drug-likeness (QED) is 0.491. The molecule has 0 amide bonds. The third-order valence-electron chi connectivity index (χ3n) is 7.51. The first kappa shape index (κ1) is 13.7. The summed E-state index contributed by atoms with van der Waals surface area (Å²) in [5, 5.41) is 0. The fraction of sp³-hybridized carbons (Fsp3) is 0.895. The van der Waals surface area contributed by atoms with Crippen molar-refractivity contribution in [2.24, 2.45) is 40.9 Å². The van der Waals surface area contributed by atoms with Crippen LogP contribution in [0.3, 0.4) is 0 Å². The summed E-state index contributed by atoms with van der Waals surface area (Å²) in [7, 11) is 0. The molecule has 3 aliphatic rings. The van der Waals surface area contributed by atoms with Crippen LogP contribution in [0.5, 0.6) is 0 Å². The molecule has 0 aliphatic heterocycles. The molecule has 7 unspecified atom stereocenters. The van der Waals surface area contributed by atoms with Gasteiger partial charge in [0.1, 0.15) is 0 Å². The number of allylic oxidation sites excluding steroid dienone is 1. The molecule has 3 rings (SSSR count). The minimum atomic E-state index is 0.614. The Bertz CT molecular complexity index is 368. The Balaban J connectivity index is 2.02. The van der Waals surface area contributed by atoms with E-state index in [1.807, 2.05) is 0 Å². The zero-order valence-electron chi connectivity index (χ0n) is 13.4. The number of hydrogen-bond acceptors (Lipinski definition) is 0. The lowest BCUT2D eigenvalue weighted by atomic mass is 9.46. The van der Waals surface area contributed by atoms with E-state index < -0.39 is 0 Å². The molecule has 0 nitrogen and oxygen atoms in total. The molecule has 0 bridgehead atoms. The van der Waals surface area contributed by atoms with E-state index in [0.29, 0.717) is 5.41 Å². The van der Waals surface area contributed by atoms with E-state index in [1.54, 1.807) is 5.57 Å². The number of hydrogen-bond donors (Lipinski definition) is 0. The Labute approximate surface area is 120 Å². The van der Waals surface area contributed by atoms with Crippen LogP contribution in [-0.2, 0) is 0 Å². The molecule has 0 aromatic rings. The van der Waals surface area contributed by atoms with E-state index >= 15 is 0 Å². The van der Waals surface area contributed by atoms with Gasteiger partial charge in [-0.1, -0.05) is 52.7 Å². The minimum absolute atomic E-state index is 0.614. The van der Waals surface area contributed by atoms with Gasteiger partial charge in [0, 0.05) is 0 Å². The molecule has 0 spiro atoms. The van der Waals surface area contributed by atoms with Gasteiger partial charge in [-0.05, 0) is 66.6 Å². The molecular formula is C19H32. The average Bonchev–Trinajstić information content (AvgIpc) is 2.47. The van der Waals surface area contributed by atoms with Crippen molar-refractivity contribution in [1.82, 2.24) is 0 Å². The van der Waals surface area contributed by atoms with Gasteiger partial charge < -0.3 is 0 Å². The normalized spacial score (nSPS) is 54.4. The van der Waals surface area contributed by atoms with Crippen molar-refractivity contribution in [3.8, 4) is 0 Å². The lowest BCUT2D eigenvalue weighted by Crippen LogP contribution is -2.52. The van der Waals surface area contributed by atoms with E-state index in [1.165, 1.54) is 38.5 Å². The minimum Gasteiger partial charge on any atom is -0.0996 e. The highest BCUT2D eigenvalue weighted by atomic mass is 14.6. The van der Waals surface area contributed by atoms with Crippen molar-refractivity contribution in [2.45, 2.75) is 66.2 Å². The first-order valence-corrected chi connectivity index (χ1v) is 8.62. The van der Waals surface area contributed by atoms with Gasteiger partial charge in [0.2, 0.25) is 0 Å². The maximum Gasteiger partial charge on any atom is -0.0200 e. The largest absolute Gasteiger partial charge is 0.0996 e. The molecule has 108 valence electrons. The lowest BCUT2D eigenvalue weighted by molar-refractivity contribution is -0.0804. The van der Waals surface area contributed by atoms with Crippen LogP contribution in [0.2, 0.25) is 0 Å². The number of rotatable bonds is 0. The Hall–Kier alpha value is -0.260.